The molecule has 0 unspecified atom stereocenters. The van der Waals surface area contributed by atoms with Gasteiger partial charge < -0.3 is 19.9 Å². The van der Waals surface area contributed by atoms with Crippen molar-refractivity contribution in [3.8, 4) is 0 Å². The van der Waals surface area contributed by atoms with Crippen LogP contribution in [0.4, 0.5) is 0 Å². The average molecular weight is 430 g/mol. The Morgan fingerprint density at radius 1 is 0.903 bits per heavy atom. The number of rotatable bonds is 7. The van der Waals surface area contributed by atoms with Crippen LogP contribution >= 0.6 is 0 Å². The van der Waals surface area contributed by atoms with Gasteiger partial charge in [0.15, 0.2) is 0 Å². The SMILES string of the molecule is O=C(NCC1CC1)c1cn(C[C@H]2CCCO2)cc(C(=O)NC2CCCCCCC2)c1=O. The summed E-state index contributed by atoms with van der Waals surface area (Å²) in [7, 11) is 0. The molecule has 2 amide bonds. The molecule has 7 nitrogen and oxygen atoms in total. The van der Waals surface area contributed by atoms with Crippen molar-refractivity contribution in [2.75, 3.05) is 13.2 Å². The highest BCUT2D eigenvalue weighted by atomic mass is 16.5. The molecule has 1 aliphatic heterocycles. The van der Waals surface area contributed by atoms with Gasteiger partial charge in [0.1, 0.15) is 11.1 Å². The van der Waals surface area contributed by atoms with Crippen molar-refractivity contribution >= 4 is 11.8 Å². The van der Waals surface area contributed by atoms with Crippen molar-refractivity contribution in [2.45, 2.75) is 89.3 Å². The Morgan fingerprint density at radius 2 is 1.58 bits per heavy atom. The third-order valence-corrected chi connectivity index (χ3v) is 6.70. The Bertz CT molecular complexity index is 832. The third-order valence-electron chi connectivity index (χ3n) is 6.70. The summed E-state index contributed by atoms with van der Waals surface area (Å²) in [6.07, 6.45) is 15.1. The molecule has 1 saturated heterocycles. The third kappa shape index (κ3) is 6.19. The van der Waals surface area contributed by atoms with Crippen LogP contribution in [0.5, 0.6) is 0 Å². The van der Waals surface area contributed by atoms with E-state index in [1.807, 2.05) is 0 Å². The lowest BCUT2D eigenvalue weighted by atomic mass is 9.96. The first-order valence-electron chi connectivity index (χ1n) is 12.0. The number of ether oxygens (including phenoxy) is 1. The Kier molecular flexibility index (Phi) is 7.43. The molecular formula is C24H35N3O4. The van der Waals surface area contributed by atoms with Crippen molar-refractivity contribution in [1.82, 2.24) is 15.2 Å². The molecule has 0 spiro atoms. The predicted octanol–water partition coefficient (Wildman–Crippen LogP) is 3.01. The van der Waals surface area contributed by atoms with Gasteiger partial charge in [0.25, 0.3) is 11.8 Å². The van der Waals surface area contributed by atoms with Crippen LogP contribution in [0.15, 0.2) is 17.2 Å². The Hall–Kier alpha value is -2.15. The topological polar surface area (TPSA) is 89.4 Å². The van der Waals surface area contributed by atoms with Gasteiger partial charge in [0.05, 0.1) is 6.10 Å². The van der Waals surface area contributed by atoms with Crippen LogP contribution in [0.1, 0.15) is 91.3 Å². The van der Waals surface area contributed by atoms with E-state index in [1.165, 1.54) is 19.3 Å². The summed E-state index contributed by atoms with van der Waals surface area (Å²) < 4.78 is 7.51. The molecule has 31 heavy (non-hydrogen) atoms. The summed E-state index contributed by atoms with van der Waals surface area (Å²) in [6, 6.07) is 0.0890. The highest BCUT2D eigenvalue weighted by molar-refractivity contribution is 5.99. The highest BCUT2D eigenvalue weighted by Gasteiger charge is 2.26. The second-order valence-corrected chi connectivity index (χ2v) is 9.42. The highest BCUT2D eigenvalue weighted by Crippen LogP contribution is 2.27. The van der Waals surface area contributed by atoms with Crippen LogP contribution in [-0.4, -0.2) is 41.7 Å². The summed E-state index contributed by atoms with van der Waals surface area (Å²) in [4.78, 5) is 38.9. The van der Waals surface area contributed by atoms with Crippen molar-refractivity contribution in [2.24, 2.45) is 5.92 Å². The zero-order chi connectivity index (χ0) is 21.6. The number of carbonyl (C=O) groups is 2. The molecule has 2 saturated carbocycles. The molecule has 3 fully saturated rings. The van der Waals surface area contributed by atoms with Gasteiger partial charge in [0.2, 0.25) is 5.43 Å². The quantitative estimate of drug-likeness (QED) is 0.697. The van der Waals surface area contributed by atoms with Crippen molar-refractivity contribution in [3.63, 3.8) is 0 Å². The fourth-order valence-electron chi connectivity index (χ4n) is 4.60. The van der Waals surface area contributed by atoms with Crippen LogP contribution in [0, 0.1) is 5.92 Å². The molecule has 1 aromatic heterocycles. The van der Waals surface area contributed by atoms with E-state index in [4.69, 9.17) is 4.74 Å². The molecule has 2 N–H and O–H groups in total. The maximum Gasteiger partial charge on any atom is 0.256 e. The maximum atomic E-state index is 13.1. The Balaban J connectivity index is 1.54. The largest absolute Gasteiger partial charge is 0.376 e. The molecule has 0 radical (unpaired) electrons. The van der Waals surface area contributed by atoms with Crippen LogP contribution in [0.3, 0.4) is 0 Å². The lowest BCUT2D eigenvalue weighted by Crippen LogP contribution is -2.40. The lowest BCUT2D eigenvalue weighted by molar-refractivity contribution is 0.0914. The van der Waals surface area contributed by atoms with Crippen molar-refractivity contribution in [1.29, 1.82) is 0 Å². The normalized spacial score (nSPS) is 22.5. The summed E-state index contributed by atoms with van der Waals surface area (Å²) in [5.41, 5.74) is -0.386. The predicted molar refractivity (Wildman–Crippen MR) is 118 cm³/mol. The number of aromatic nitrogens is 1. The second-order valence-electron chi connectivity index (χ2n) is 9.42. The molecule has 7 heteroatoms. The van der Waals surface area contributed by atoms with Gasteiger partial charge in [-0.1, -0.05) is 32.1 Å². The monoisotopic (exact) mass is 429 g/mol. The zero-order valence-corrected chi connectivity index (χ0v) is 18.4. The van der Waals surface area contributed by atoms with Gasteiger partial charge in [0, 0.05) is 38.1 Å². The van der Waals surface area contributed by atoms with Crippen molar-refractivity contribution < 1.29 is 14.3 Å². The summed E-state index contributed by atoms with van der Waals surface area (Å²) in [5, 5.41) is 5.95. The molecule has 170 valence electrons. The van der Waals surface area contributed by atoms with E-state index >= 15 is 0 Å². The standard InChI is InChI=1S/C24H35N3O4/c28-22-20(23(29)25-13-17-10-11-17)15-27(14-19-9-6-12-31-19)16-21(22)24(30)26-18-7-4-2-1-3-5-8-18/h15-19H,1-14H2,(H,25,29)(H,26,30)/t19-/m1/s1. The summed E-state index contributed by atoms with van der Waals surface area (Å²) in [5.74, 6) is -0.240. The van der Waals surface area contributed by atoms with Crippen LogP contribution < -0.4 is 16.1 Å². The lowest BCUT2D eigenvalue weighted by Gasteiger charge is -2.21. The number of amides is 2. The first kappa shape index (κ1) is 22.1. The van der Waals surface area contributed by atoms with Crippen LogP contribution in [-0.2, 0) is 11.3 Å². The van der Waals surface area contributed by atoms with Crippen LogP contribution in [0.2, 0.25) is 0 Å². The number of pyridine rings is 1. The molecule has 2 aliphatic carbocycles. The second kappa shape index (κ2) is 10.4. The van der Waals surface area contributed by atoms with Gasteiger partial charge in [-0.25, -0.2) is 0 Å². The van der Waals surface area contributed by atoms with E-state index in [-0.39, 0.29) is 29.2 Å². The van der Waals surface area contributed by atoms with Gasteiger partial charge in [-0.15, -0.1) is 0 Å². The van der Waals surface area contributed by atoms with Crippen LogP contribution in [0.25, 0.3) is 0 Å². The minimum absolute atomic E-state index is 0.0453. The fraction of sp³-hybridized carbons (Fsp3) is 0.708. The molecular weight excluding hydrogens is 394 g/mol. The minimum atomic E-state index is -0.486. The molecule has 2 heterocycles. The Morgan fingerprint density at radius 3 is 2.23 bits per heavy atom. The zero-order valence-electron chi connectivity index (χ0n) is 18.4. The van der Waals surface area contributed by atoms with Gasteiger partial charge in [-0.05, 0) is 44.4 Å². The average Bonchev–Trinajstić information content (AvgIpc) is 3.43. The van der Waals surface area contributed by atoms with E-state index in [0.29, 0.717) is 19.0 Å². The maximum absolute atomic E-state index is 13.1. The molecule has 0 aromatic carbocycles. The molecule has 0 bridgehead atoms. The molecule has 1 aromatic rings. The van der Waals surface area contributed by atoms with E-state index < -0.39 is 11.3 Å². The number of hydrogen-bond acceptors (Lipinski definition) is 4. The summed E-state index contributed by atoms with van der Waals surface area (Å²) >= 11 is 0. The number of hydrogen-bond donors (Lipinski definition) is 2. The smallest absolute Gasteiger partial charge is 0.256 e. The van der Waals surface area contributed by atoms with E-state index in [1.54, 1.807) is 17.0 Å². The number of nitrogens with one attached hydrogen (secondary N) is 2. The van der Waals surface area contributed by atoms with Gasteiger partial charge >= 0.3 is 0 Å². The fourth-order valence-corrected chi connectivity index (χ4v) is 4.60. The van der Waals surface area contributed by atoms with E-state index in [0.717, 1.165) is 58.0 Å². The Labute approximate surface area is 183 Å². The van der Waals surface area contributed by atoms with E-state index in [9.17, 15) is 14.4 Å². The first-order valence-corrected chi connectivity index (χ1v) is 12.0. The number of nitrogens with zero attached hydrogens (tertiary/aromatic N) is 1. The minimum Gasteiger partial charge on any atom is -0.376 e. The van der Waals surface area contributed by atoms with Gasteiger partial charge in [-0.3, -0.25) is 14.4 Å². The number of carbonyl (C=O) groups excluding carboxylic acids is 2. The van der Waals surface area contributed by atoms with Crippen molar-refractivity contribution in [3.05, 3.63) is 33.7 Å². The van der Waals surface area contributed by atoms with Gasteiger partial charge in [-0.2, -0.15) is 0 Å². The summed E-state index contributed by atoms with van der Waals surface area (Å²) in [6.45, 7) is 1.85. The van der Waals surface area contributed by atoms with E-state index in [2.05, 4.69) is 10.6 Å². The first-order chi connectivity index (χ1) is 15.1. The molecule has 3 aliphatic rings. The molecule has 1 atom stereocenters. The molecule has 4 rings (SSSR count).